The molecule has 0 amide bonds. The highest BCUT2D eigenvalue weighted by Gasteiger charge is 2.06. The largest absolute Gasteiger partial charge is 0.472 e. The van der Waals surface area contributed by atoms with Gasteiger partial charge in [-0.05, 0) is 6.07 Å². The second-order valence-electron chi connectivity index (χ2n) is 1.81. The third-order valence-corrected chi connectivity index (χ3v) is 1.92. The van der Waals surface area contributed by atoms with E-state index >= 15 is 0 Å². The third-order valence-electron chi connectivity index (χ3n) is 0.919. The molecule has 0 atom stereocenters. The highest BCUT2D eigenvalue weighted by atomic mass is 35.7. The van der Waals surface area contributed by atoms with Crippen LogP contribution in [0.4, 0.5) is 0 Å². The lowest BCUT2D eigenvalue weighted by Crippen LogP contribution is -1.92. The Kier molecular flexibility index (Phi) is 2.01. The Bertz CT molecular complexity index is 287. The van der Waals surface area contributed by atoms with Gasteiger partial charge in [0.15, 0.2) is 0 Å². The van der Waals surface area contributed by atoms with Crippen LogP contribution < -0.4 is 0 Å². The third kappa shape index (κ3) is 2.41. The minimum absolute atomic E-state index is 0.176. The van der Waals surface area contributed by atoms with Gasteiger partial charge >= 0.3 is 0 Å². The summed E-state index contributed by atoms with van der Waals surface area (Å²) in [4.78, 5) is 0. The van der Waals surface area contributed by atoms with Gasteiger partial charge in [0.1, 0.15) is 0 Å². The first-order valence-electron chi connectivity index (χ1n) is 2.51. The molecule has 0 fully saturated rings. The molecule has 0 aliphatic carbocycles. The lowest BCUT2D eigenvalue weighted by atomic mass is 10.4. The van der Waals surface area contributed by atoms with Crippen molar-refractivity contribution in [2.75, 3.05) is 0 Å². The Balaban J connectivity index is 2.75. The molecule has 3 nitrogen and oxygen atoms in total. The predicted octanol–water partition coefficient (Wildman–Crippen LogP) is 1.35. The SMILES string of the molecule is O=S(=O)(Cl)Cc1ccoc1. The molecule has 0 spiro atoms. The summed E-state index contributed by atoms with van der Waals surface area (Å²) in [7, 11) is 1.52. The smallest absolute Gasteiger partial charge is 0.236 e. The molecule has 0 radical (unpaired) electrons. The van der Waals surface area contributed by atoms with Crippen LogP contribution in [0.15, 0.2) is 23.0 Å². The van der Waals surface area contributed by atoms with E-state index in [1.54, 1.807) is 6.07 Å². The molecule has 1 rings (SSSR count). The summed E-state index contributed by atoms with van der Waals surface area (Å²) >= 11 is 0. The molecule has 0 unspecified atom stereocenters. The molecule has 56 valence electrons. The quantitative estimate of drug-likeness (QED) is 0.646. The van der Waals surface area contributed by atoms with Crippen LogP contribution in [0.3, 0.4) is 0 Å². The summed E-state index contributed by atoms with van der Waals surface area (Å²) in [5, 5.41) is 0. The van der Waals surface area contributed by atoms with E-state index in [0.717, 1.165) is 0 Å². The van der Waals surface area contributed by atoms with Gasteiger partial charge in [0.25, 0.3) is 0 Å². The number of halogens is 1. The second kappa shape index (κ2) is 2.64. The van der Waals surface area contributed by atoms with Crippen molar-refractivity contribution in [2.24, 2.45) is 0 Å². The molecule has 0 aliphatic heterocycles. The fourth-order valence-electron chi connectivity index (χ4n) is 0.574. The van der Waals surface area contributed by atoms with Crippen LogP contribution in [0.5, 0.6) is 0 Å². The van der Waals surface area contributed by atoms with Crippen molar-refractivity contribution in [3.05, 3.63) is 24.2 Å². The zero-order valence-corrected chi connectivity index (χ0v) is 6.52. The van der Waals surface area contributed by atoms with Crippen LogP contribution in [0.1, 0.15) is 5.56 Å². The van der Waals surface area contributed by atoms with Crippen molar-refractivity contribution < 1.29 is 12.8 Å². The summed E-state index contributed by atoms with van der Waals surface area (Å²) in [6, 6.07) is 1.56. The first-order valence-corrected chi connectivity index (χ1v) is 4.99. The molecule has 1 heterocycles. The predicted molar refractivity (Wildman–Crippen MR) is 37.2 cm³/mol. The van der Waals surface area contributed by atoms with E-state index in [1.807, 2.05) is 0 Å². The van der Waals surface area contributed by atoms with Gasteiger partial charge in [0.05, 0.1) is 18.3 Å². The van der Waals surface area contributed by atoms with Gasteiger partial charge in [-0.1, -0.05) is 0 Å². The number of furan rings is 1. The normalized spacial score (nSPS) is 11.7. The molecule has 0 aliphatic rings. The van der Waals surface area contributed by atoms with E-state index in [0.29, 0.717) is 5.56 Å². The van der Waals surface area contributed by atoms with Crippen molar-refractivity contribution in [1.82, 2.24) is 0 Å². The Morgan fingerprint density at radius 1 is 1.60 bits per heavy atom. The van der Waals surface area contributed by atoms with Crippen LogP contribution in [0.25, 0.3) is 0 Å². The lowest BCUT2D eigenvalue weighted by Gasteiger charge is -1.87. The van der Waals surface area contributed by atoms with Crippen LogP contribution in [0.2, 0.25) is 0 Å². The summed E-state index contributed by atoms with van der Waals surface area (Å²) in [5.41, 5.74) is 0.565. The summed E-state index contributed by atoms with van der Waals surface area (Å²) < 4.78 is 25.5. The Morgan fingerprint density at radius 3 is 2.70 bits per heavy atom. The van der Waals surface area contributed by atoms with E-state index in [2.05, 4.69) is 4.42 Å². The van der Waals surface area contributed by atoms with Gasteiger partial charge in [-0.3, -0.25) is 0 Å². The topological polar surface area (TPSA) is 47.3 Å². The summed E-state index contributed by atoms with van der Waals surface area (Å²) in [6.45, 7) is 0. The van der Waals surface area contributed by atoms with Crippen LogP contribution >= 0.6 is 10.7 Å². The average molecular weight is 181 g/mol. The molecular weight excluding hydrogens is 176 g/mol. The molecule has 0 N–H and O–H groups in total. The summed E-state index contributed by atoms with van der Waals surface area (Å²) in [5.74, 6) is -0.176. The van der Waals surface area contributed by atoms with Gasteiger partial charge in [-0.25, -0.2) is 8.42 Å². The highest BCUT2D eigenvalue weighted by Crippen LogP contribution is 2.08. The molecule has 0 saturated carbocycles. The molecule has 0 bridgehead atoms. The fraction of sp³-hybridized carbons (Fsp3) is 0.200. The minimum Gasteiger partial charge on any atom is -0.472 e. The molecule has 1 aromatic rings. The van der Waals surface area contributed by atoms with Gasteiger partial charge in [-0.2, -0.15) is 0 Å². The molecule has 5 heteroatoms. The van der Waals surface area contributed by atoms with Crippen LogP contribution in [-0.2, 0) is 14.8 Å². The van der Waals surface area contributed by atoms with Gasteiger partial charge < -0.3 is 4.42 Å². The first-order chi connectivity index (χ1) is 4.58. The maximum Gasteiger partial charge on any atom is 0.236 e. The van der Waals surface area contributed by atoms with Gasteiger partial charge in [-0.15, -0.1) is 0 Å². The van der Waals surface area contributed by atoms with Crippen molar-refractivity contribution in [2.45, 2.75) is 5.75 Å². The Morgan fingerprint density at radius 2 is 2.30 bits per heavy atom. The second-order valence-corrected chi connectivity index (χ2v) is 4.59. The highest BCUT2D eigenvalue weighted by molar-refractivity contribution is 8.13. The molecule has 0 aromatic carbocycles. The monoisotopic (exact) mass is 180 g/mol. The first kappa shape index (κ1) is 7.63. The molecule has 0 saturated heterocycles. The standard InChI is InChI=1S/C5H5ClO3S/c6-10(7,8)4-5-1-2-9-3-5/h1-3H,4H2. The number of rotatable bonds is 2. The average Bonchev–Trinajstić information content (AvgIpc) is 2.12. The van der Waals surface area contributed by atoms with Gasteiger partial charge in [0.2, 0.25) is 9.05 Å². The lowest BCUT2D eigenvalue weighted by molar-refractivity contribution is 0.564. The van der Waals surface area contributed by atoms with Crippen molar-refractivity contribution in [1.29, 1.82) is 0 Å². The minimum atomic E-state index is -3.43. The van der Waals surface area contributed by atoms with Gasteiger partial charge in [0, 0.05) is 16.2 Å². The Labute approximate surface area is 63.0 Å². The zero-order valence-electron chi connectivity index (χ0n) is 4.95. The molecule has 1 aromatic heterocycles. The van der Waals surface area contributed by atoms with E-state index in [9.17, 15) is 8.42 Å². The zero-order chi connectivity index (χ0) is 7.61. The number of hydrogen-bond acceptors (Lipinski definition) is 3. The van der Waals surface area contributed by atoms with Crippen LogP contribution in [0, 0.1) is 0 Å². The summed E-state index contributed by atoms with van der Waals surface area (Å²) in [6.07, 6.45) is 2.75. The van der Waals surface area contributed by atoms with E-state index in [4.69, 9.17) is 10.7 Å². The maximum atomic E-state index is 10.4. The molecule has 10 heavy (non-hydrogen) atoms. The van der Waals surface area contributed by atoms with E-state index in [-0.39, 0.29) is 5.75 Å². The maximum absolute atomic E-state index is 10.4. The Hall–Kier alpha value is -0.480. The van der Waals surface area contributed by atoms with E-state index in [1.165, 1.54) is 12.5 Å². The number of hydrogen-bond donors (Lipinski definition) is 0. The van der Waals surface area contributed by atoms with E-state index < -0.39 is 9.05 Å². The van der Waals surface area contributed by atoms with Crippen LogP contribution in [-0.4, -0.2) is 8.42 Å². The van der Waals surface area contributed by atoms with Crippen molar-refractivity contribution in [3.63, 3.8) is 0 Å². The molecular formula is C5H5ClO3S. The fourth-order valence-corrected chi connectivity index (χ4v) is 1.51. The van der Waals surface area contributed by atoms with Crippen molar-refractivity contribution in [3.8, 4) is 0 Å². The van der Waals surface area contributed by atoms with Crippen molar-refractivity contribution >= 4 is 19.7 Å².